The van der Waals surface area contributed by atoms with E-state index in [0.29, 0.717) is 23.6 Å². The summed E-state index contributed by atoms with van der Waals surface area (Å²) in [5, 5.41) is 9.56. The number of nitrogens with zero attached hydrogens (tertiary/aromatic N) is 1. The van der Waals surface area contributed by atoms with Crippen molar-refractivity contribution in [3.05, 3.63) is 34.3 Å². The molecule has 1 atom stereocenters. The molecule has 2 rings (SSSR count). The van der Waals surface area contributed by atoms with Crippen molar-refractivity contribution in [2.24, 2.45) is 0 Å². The summed E-state index contributed by atoms with van der Waals surface area (Å²) >= 11 is 5.88. The van der Waals surface area contributed by atoms with Crippen molar-refractivity contribution in [3.63, 3.8) is 0 Å². The molecule has 0 radical (unpaired) electrons. The van der Waals surface area contributed by atoms with Gasteiger partial charge in [0.05, 0.1) is 0 Å². The van der Waals surface area contributed by atoms with Gasteiger partial charge in [-0.1, -0.05) is 17.7 Å². The normalized spacial score (nSPS) is 19.0. The molecule has 96 valence electrons. The number of carbonyl (C=O) groups excluding carboxylic acids is 1. The SMILES string of the molecule is Cc1ccc(Cl)cc1C(=O)N1CCC[C@H]1C(=O)O. The van der Waals surface area contributed by atoms with Crippen molar-refractivity contribution in [2.45, 2.75) is 25.8 Å². The van der Waals surface area contributed by atoms with Crippen molar-refractivity contribution in [3.8, 4) is 0 Å². The minimum Gasteiger partial charge on any atom is -0.480 e. The Hall–Kier alpha value is -1.55. The van der Waals surface area contributed by atoms with E-state index in [0.717, 1.165) is 12.0 Å². The van der Waals surface area contributed by atoms with Crippen LogP contribution in [0.2, 0.25) is 5.02 Å². The molecule has 1 fully saturated rings. The largest absolute Gasteiger partial charge is 0.480 e. The molecule has 0 spiro atoms. The first kappa shape index (κ1) is 12.9. The second-order valence-corrected chi connectivity index (χ2v) is 4.89. The summed E-state index contributed by atoms with van der Waals surface area (Å²) in [6, 6.07) is 4.36. The number of likely N-dealkylation sites (tertiary alicyclic amines) is 1. The molecule has 0 aromatic heterocycles. The number of halogens is 1. The molecule has 18 heavy (non-hydrogen) atoms. The third-order valence-corrected chi connectivity index (χ3v) is 3.46. The van der Waals surface area contributed by atoms with Crippen LogP contribution in [-0.2, 0) is 4.79 Å². The second kappa shape index (κ2) is 4.98. The lowest BCUT2D eigenvalue weighted by atomic mass is 10.1. The lowest BCUT2D eigenvalue weighted by molar-refractivity contribution is -0.141. The molecular weight excluding hydrogens is 254 g/mol. The molecule has 1 aromatic rings. The van der Waals surface area contributed by atoms with Crippen molar-refractivity contribution < 1.29 is 14.7 Å². The summed E-state index contributed by atoms with van der Waals surface area (Å²) in [7, 11) is 0. The van der Waals surface area contributed by atoms with Gasteiger partial charge >= 0.3 is 5.97 Å². The highest BCUT2D eigenvalue weighted by atomic mass is 35.5. The van der Waals surface area contributed by atoms with E-state index in [1.807, 2.05) is 6.92 Å². The number of carbonyl (C=O) groups is 2. The lowest BCUT2D eigenvalue weighted by Gasteiger charge is -2.22. The third kappa shape index (κ3) is 2.34. The van der Waals surface area contributed by atoms with Gasteiger partial charge in [-0.25, -0.2) is 4.79 Å². The zero-order valence-corrected chi connectivity index (χ0v) is 10.8. The molecule has 0 aliphatic carbocycles. The van der Waals surface area contributed by atoms with E-state index < -0.39 is 12.0 Å². The van der Waals surface area contributed by atoms with Gasteiger partial charge in [0.15, 0.2) is 0 Å². The van der Waals surface area contributed by atoms with Crippen LogP contribution in [-0.4, -0.2) is 34.5 Å². The fraction of sp³-hybridized carbons (Fsp3) is 0.385. The van der Waals surface area contributed by atoms with E-state index in [-0.39, 0.29) is 5.91 Å². The van der Waals surface area contributed by atoms with Crippen molar-refractivity contribution >= 4 is 23.5 Å². The average molecular weight is 268 g/mol. The summed E-state index contributed by atoms with van der Waals surface area (Å²) in [5.74, 6) is -1.19. The Morgan fingerprint density at radius 1 is 1.44 bits per heavy atom. The summed E-state index contributed by atoms with van der Waals surface area (Å²) in [5.41, 5.74) is 1.29. The number of hydrogen-bond donors (Lipinski definition) is 1. The Balaban J connectivity index is 2.31. The predicted octanol–water partition coefficient (Wildman–Crippen LogP) is 2.34. The van der Waals surface area contributed by atoms with Gasteiger partial charge in [-0.2, -0.15) is 0 Å². The van der Waals surface area contributed by atoms with Crippen LogP contribution in [0.4, 0.5) is 0 Å². The molecule has 1 aromatic carbocycles. The number of carboxylic acid groups (broad SMARTS) is 1. The van der Waals surface area contributed by atoms with Crippen LogP contribution in [0, 0.1) is 6.92 Å². The minimum absolute atomic E-state index is 0.250. The number of benzene rings is 1. The van der Waals surface area contributed by atoms with Crippen LogP contribution in [0.3, 0.4) is 0 Å². The highest BCUT2D eigenvalue weighted by molar-refractivity contribution is 6.31. The summed E-state index contributed by atoms with van der Waals surface area (Å²) in [4.78, 5) is 24.8. The maximum atomic E-state index is 12.3. The van der Waals surface area contributed by atoms with E-state index >= 15 is 0 Å². The molecule has 0 bridgehead atoms. The van der Waals surface area contributed by atoms with Gasteiger partial charge in [-0.05, 0) is 37.5 Å². The quantitative estimate of drug-likeness (QED) is 0.895. The summed E-state index contributed by atoms with van der Waals surface area (Å²) in [6.07, 6.45) is 1.24. The van der Waals surface area contributed by atoms with Gasteiger partial charge in [0, 0.05) is 17.1 Å². The molecule has 4 nitrogen and oxygen atoms in total. The highest BCUT2D eigenvalue weighted by Gasteiger charge is 2.34. The van der Waals surface area contributed by atoms with Crippen molar-refractivity contribution in [1.82, 2.24) is 4.90 Å². The first-order valence-electron chi connectivity index (χ1n) is 5.80. The summed E-state index contributed by atoms with van der Waals surface area (Å²) < 4.78 is 0. The monoisotopic (exact) mass is 267 g/mol. The zero-order valence-electron chi connectivity index (χ0n) is 10.0. The molecule has 1 aliphatic rings. The van der Waals surface area contributed by atoms with E-state index in [9.17, 15) is 9.59 Å². The smallest absolute Gasteiger partial charge is 0.326 e. The van der Waals surface area contributed by atoms with Crippen molar-refractivity contribution in [1.29, 1.82) is 0 Å². The topological polar surface area (TPSA) is 57.6 Å². The molecule has 1 saturated heterocycles. The number of amides is 1. The van der Waals surface area contributed by atoms with Crippen LogP contribution in [0.5, 0.6) is 0 Å². The van der Waals surface area contributed by atoms with Gasteiger partial charge in [0.1, 0.15) is 6.04 Å². The van der Waals surface area contributed by atoms with E-state index in [1.165, 1.54) is 4.90 Å². The molecule has 5 heteroatoms. The van der Waals surface area contributed by atoms with Gasteiger partial charge in [-0.3, -0.25) is 4.79 Å². The van der Waals surface area contributed by atoms with Gasteiger partial charge in [-0.15, -0.1) is 0 Å². The first-order chi connectivity index (χ1) is 8.50. The molecule has 1 aliphatic heterocycles. The number of aryl methyl sites for hydroxylation is 1. The van der Waals surface area contributed by atoms with E-state index in [1.54, 1.807) is 18.2 Å². The first-order valence-corrected chi connectivity index (χ1v) is 6.18. The van der Waals surface area contributed by atoms with E-state index in [4.69, 9.17) is 16.7 Å². The fourth-order valence-corrected chi connectivity index (χ4v) is 2.42. The molecule has 1 amide bonds. The Morgan fingerprint density at radius 3 is 2.83 bits per heavy atom. The number of aliphatic carboxylic acids is 1. The Bertz CT molecular complexity index is 501. The third-order valence-electron chi connectivity index (χ3n) is 3.23. The molecule has 1 heterocycles. The van der Waals surface area contributed by atoms with Gasteiger partial charge in [0.2, 0.25) is 0 Å². The van der Waals surface area contributed by atoms with Crippen LogP contribution in [0.1, 0.15) is 28.8 Å². The minimum atomic E-state index is -0.944. The maximum Gasteiger partial charge on any atom is 0.326 e. The number of hydrogen-bond acceptors (Lipinski definition) is 2. The molecule has 0 unspecified atom stereocenters. The van der Waals surface area contributed by atoms with Gasteiger partial charge < -0.3 is 10.0 Å². The summed E-state index contributed by atoms with van der Waals surface area (Å²) in [6.45, 7) is 2.30. The van der Waals surface area contributed by atoms with Gasteiger partial charge in [0.25, 0.3) is 5.91 Å². The lowest BCUT2D eigenvalue weighted by Crippen LogP contribution is -2.40. The predicted molar refractivity (Wildman–Crippen MR) is 67.9 cm³/mol. The Kier molecular flexibility index (Phi) is 3.57. The fourth-order valence-electron chi connectivity index (χ4n) is 2.25. The average Bonchev–Trinajstić information content (AvgIpc) is 2.80. The molecule has 1 N–H and O–H groups in total. The highest BCUT2D eigenvalue weighted by Crippen LogP contribution is 2.23. The standard InChI is InChI=1S/C13H14ClNO3/c1-8-4-5-9(14)7-10(8)12(16)15-6-2-3-11(15)13(17)18/h4-5,7,11H,2-3,6H2,1H3,(H,17,18)/t11-/m0/s1. The van der Waals surface area contributed by atoms with Crippen LogP contribution in [0.15, 0.2) is 18.2 Å². The van der Waals surface area contributed by atoms with Crippen LogP contribution in [0.25, 0.3) is 0 Å². The Labute approximate surface area is 110 Å². The zero-order chi connectivity index (χ0) is 13.3. The molecule has 0 saturated carbocycles. The van der Waals surface area contributed by atoms with Crippen LogP contribution >= 0.6 is 11.6 Å². The number of rotatable bonds is 2. The molecular formula is C13H14ClNO3. The Morgan fingerprint density at radius 2 is 2.17 bits per heavy atom. The van der Waals surface area contributed by atoms with E-state index in [2.05, 4.69) is 0 Å². The number of carboxylic acids is 1. The van der Waals surface area contributed by atoms with Crippen molar-refractivity contribution in [2.75, 3.05) is 6.54 Å². The maximum absolute atomic E-state index is 12.3. The van der Waals surface area contributed by atoms with Crippen LogP contribution < -0.4 is 0 Å². The second-order valence-electron chi connectivity index (χ2n) is 4.45.